The third-order valence-electron chi connectivity index (χ3n) is 3.62. The number of carbonyl (C=O) groups is 1. The third-order valence-corrected chi connectivity index (χ3v) is 3.62. The predicted octanol–water partition coefficient (Wildman–Crippen LogP) is 2.77. The molecule has 1 atom stereocenters. The molecule has 18 heavy (non-hydrogen) atoms. The van der Waals surface area contributed by atoms with E-state index in [-0.39, 0.29) is 23.5 Å². The number of phenolic OH excluding ortho intramolecular Hbond substituents is 1. The quantitative estimate of drug-likeness (QED) is 0.749. The maximum absolute atomic E-state index is 11.9. The Morgan fingerprint density at radius 1 is 1.39 bits per heavy atom. The van der Waals surface area contributed by atoms with Gasteiger partial charge in [0.2, 0.25) is 0 Å². The van der Waals surface area contributed by atoms with Crippen LogP contribution in [0.15, 0.2) is 10.5 Å². The van der Waals surface area contributed by atoms with Gasteiger partial charge in [-0.1, -0.05) is 0 Å². The Morgan fingerprint density at radius 3 is 2.83 bits per heavy atom. The first kappa shape index (κ1) is 11.3. The van der Waals surface area contributed by atoms with E-state index in [1.54, 1.807) is 13.8 Å². The number of aliphatic hydroxyl groups excluding tert-OH is 1. The van der Waals surface area contributed by atoms with Crippen molar-refractivity contribution in [2.75, 3.05) is 0 Å². The second kappa shape index (κ2) is 3.59. The van der Waals surface area contributed by atoms with Crippen LogP contribution in [-0.4, -0.2) is 16.0 Å². The van der Waals surface area contributed by atoms with Crippen molar-refractivity contribution in [1.29, 1.82) is 0 Å². The van der Waals surface area contributed by atoms with Gasteiger partial charge in [-0.3, -0.25) is 4.79 Å². The van der Waals surface area contributed by atoms with E-state index in [9.17, 15) is 15.0 Å². The molecule has 0 aliphatic heterocycles. The summed E-state index contributed by atoms with van der Waals surface area (Å²) in [4.78, 5) is 11.9. The number of Topliss-reactive ketones (excluding diaryl/α,β-unsaturated/α-hetero) is 1. The lowest BCUT2D eigenvalue weighted by atomic mass is 9.85. The van der Waals surface area contributed by atoms with Gasteiger partial charge in [0.05, 0.1) is 11.7 Å². The standard InChI is InChI=1S/C14H14O4/c1-6-5-8-7(2)13(17)11-9(15)3-4-10(16)12(11)14(8)18-6/h5,10,16-17H,3-4H2,1-2H3. The smallest absolute Gasteiger partial charge is 0.167 e. The molecule has 0 spiro atoms. The molecule has 3 rings (SSSR count). The number of aryl methyl sites for hydroxylation is 2. The molecule has 1 aromatic carbocycles. The molecular formula is C14H14O4. The fourth-order valence-electron chi connectivity index (χ4n) is 2.69. The van der Waals surface area contributed by atoms with Crippen LogP contribution >= 0.6 is 0 Å². The van der Waals surface area contributed by atoms with Crippen LogP contribution in [0.4, 0.5) is 0 Å². The number of benzene rings is 1. The highest BCUT2D eigenvalue weighted by atomic mass is 16.3. The molecular weight excluding hydrogens is 232 g/mol. The summed E-state index contributed by atoms with van der Waals surface area (Å²) < 4.78 is 5.60. The van der Waals surface area contributed by atoms with Crippen LogP contribution in [0.25, 0.3) is 11.0 Å². The minimum absolute atomic E-state index is 0.0259. The number of fused-ring (bicyclic) bond motifs is 3. The van der Waals surface area contributed by atoms with Gasteiger partial charge in [0.15, 0.2) is 5.78 Å². The monoisotopic (exact) mass is 246 g/mol. The van der Waals surface area contributed by atoms with Crippen LogP contribution in [0, 0.1) is 13.8 Å². The van der Waals surface area contributed by atoms with Crippen molar-refractivity contribution in [3.05, 3.63) is 28.5 Å². The van der Waals surface area contributed by atoms with Crippen molar-refractivity contribution < 1.29 is 19.4 Å². The Balaban J connectivity index is 2.51. The Kier molecular flexibility index (Phi) is 2.25. The molecule has 1 aliphatic rings. The summed E-state index contributed by atoms with van der Waals surface area (Å²) in [6, 6.07) is 1.82. The summed E-state index contributed by atoms with van der Waals surface area (Å²) in [5, 5.41) is 21.0. The number of hydrogen-bond donors (Lipinski definition) is 2. The molecule has 2 N–H and O–H groups in total. The fraction of sp³-hybridized carbons (Fsp3) is 0.357. The molecule has 0 amide bonds. The molecule has 1 aliphatic carbocycles. The van der Waals surface area contributed by atoms with Gasteiger partial charge in [-0.15, -0.1) is 0 Å². The third kappa shape index (κ3) is 1.32. The number of ketones is 1. The number of phenols is 1. The summed E-state index contributed by atoms with van der Waals surface area (Å²) in [6.45, 7) is 3.56. The zero-order valence-electron chi connectivity index (χ0n) is 10.3. The van der Waals surface area contributed by atoms with E-state index in [1.165, 1.54) is 0 Å². The molecule has 0 fully saturated rings. The summed E-state index contributed by atoms with van der Waals surface area (Å²) in [5.74, 6) is 0.542. The van der Waals surface area contributed by atoms with Crippen molar-refractivity contribution in [3.8, 4) is 5.75 Å². The average Bonchev–Trinajstić information content (AvgIpc) is 2.71. The zero-order chi connectivity index (χ0) is 13.0. The topological polar surface area (TPSA) is 70.7 Å². The normalized spacial score (nSPS) is 19.3. The van der Waals surface area contributed by atoms with Crippen molar-refractivity contribution in [2.24, 2.45) is 0 Å². The largest absolute Gasteiger partial charge is 0.507 e. The summed E-state index contributed by atoms with van der Waals surface area (Å²) >= 11 is 0. The molecule has 0 bridgehead atoms. The maximum Gasteiger partial charge on any atom is 0.167 e. The molecule has 1 unspecified atom stereocenters. The lowest BCUT2D eigenvalue weighted by Gasteiger charge is -2.22. The number of hydrogen-bond acceptors (Lipinski definition) is 4. The molecule has 1 aromatic heterocycles. The van der Waals surface area contributed by atoms with E-state index in [0.717, 1.165) is 5.39 Å². The van der Waals surface area contributed by atoms with E-state index in [4.69, 9.17) is 4.42 Å². The number of aromatic hydroxyl groups is 1. The van der Waals surface area contributed by atoms with Gasteiger partial charge in [0.1, 0.15) is 17.1 Å². The molecule has 2 aromatic rings. The first-order valence-electron chi connectivity index (χ1n) is 5.97. The highest BCUT2D eigenvalue weighted by Crippen LogP contribution is 2.43. The second-order valence-corrected chi connectivity index (χ2v) is 4.84. The van der Waals surface area contributed by atoms with E-state index >= 15 is 0 Å². The van der Waals surface area contributed by atoms with E-state index in [2.05, 4.69) is 0 Å². The number of carbonyl (C=O) groups excluding carboxylic acids is 1. The van der Waals surface area contributed by atoms with Crippen LogP contribution in [-0.2, 0) is 0 Å². The highest BCUT2D eigenvalue weighted by Gasteiger charge is 2.32. The number of aliphatic hydroxyl groups is 1. The van der Waals surface area contributed by atoms with Crippen molar-refractivity contribution in [1.82, 2.24) is 0 Å². The summed E-state index contributed by atoms with van der Waals surface area (Å²) in [6.07, 6.45) is -0.118. The SMILES string of the molecule is Cc1cc2c(C)c(O)c3c(c2o1)C(O)CCC3=O. The molecule has 1 heterocycles. The molecule has 4 nitrogen and oxygen atoms in total. The van der Waals surface area contributed by atoms with E-state index < -0.39 is 6.10 Å². The molecule has 0 radical (unpaired) electrons. The Bertz CT molecular complexity index is 666. The van der Waals surface area contributed by atoms with Crippen LogP contribution < -0.4 is 0 Å². The summed E-state index contributed by atoms with van der Waals surface area (Å²) in [7, 11) is 0. The first-order chi connectivity index (χ1) is 8.50. The van der Waals surface area contributed by atoms with E-state index in [0.29, 0.717) is 28.9 Å². The van der Waals surface area contributed by atoms with Crippen molar-refractivity contribution in [3.63, 3.8) is 0 Å². The van der Waals surface area contributed by atoms with Crippen LogP contribution in [0.5, 0.6) is 5.75 Å². The van der Waals surface area contributed by atoms with Crippen molar-refractivity contribution >= 4 is 16.8 Å². The van der Waals surface area contributed by atoms with Crippen LogP contribution in [0.3, 0.4) is 0 Å². The number of rotatable bonds is 0. The lowest BCUT2D eigenvalue weighted by Crippen LogP contribution is -2.16. The Hall–Kier alpha value is -1.81. The molecule has 0 saturated carbocycles. The predicted molar refractivity (Wildman–Crippen MR) is 65.9 cm³/mol. The molecule has 4 heteroatoms. The van der Waals surface area contributed by atoms with Gasteiger partial charge in [-0.05, 0) is 26.3 Å². The molecule has 94 valence electrons. The number of furan rings is 1. The van der Waals surface area contributed by atoms with Crippen molar-refractivity contribution in [2.45, 2.75) is 32.8 Å². The maximum atomic E-state index is 11.9. The molecule has 0 saturated heterocycles. The van der Waals surface area contributed by atoms with Crippen LogP contribution in [0.2, 0.25) is 0 Å². The van der Waals surface area contributed by atoms with Gasteiger partial charge in [0.25, 0.3) is 0 Å². The highest BCUT2D eigenvalue weighted by molar-refractivity contribution is 6.06. The van der Waals surface area contributed by atoms with Gasteiger partial charge in [0, 0.05) is 22.9 Å². The van der Waals surface area contributed by atoms with Gasteiger partial charge in [-0.25, -0.2) is 0 Å². The van der Waals surface area contributed by atoms with Gasteiger partial charge in [-0.2, -0.15) is 0 Å². The minimum Gasteiger partial charge on any atom is -0.507 e. The fourth-order valence-corrected chi connectivity index (χ4v) is 2.69. The zero-order valence-corrected chi connectivity index (χ0v) is 10.3. The Morgan fingerprint density at radius 2 is 2.11 bits per heavy atom. The lowest BCUT2D eigenvalue weighted by molar-refractivity contribution is 0.0893. The van der Waals surface area contributed by atoms with E-state index in [1.807, 2.05) is 6.07 Å². The van der Waals surface area contributed by atoms with Crippen LogP contribution in [0.1, 0.15) is 46.2 Å². The first-order valence-corrected chi connectivity index (χ1v) is 5.97. The Labute approximate surface area is 104 Å². The minimum atomic E-state index is -0.753. The second-order valence-electron chi connectivity index (χ2n) is 4.84. The van der Waals surface area contributed by atoms with Gasteiger partial charge >= 0.3 is 0 Å². The van der Waals surface area contributed by atoms with Gasteiger partial charge < -0.3 is 14.6 Å². The summed E-state index contributed by atoms with van der Waals surface area (Å²) in [5.41, 5.74) is 1.83. The average molecular weight is 246 g/mol.